The molecule has 0 unspecified atom stereocenters. The lowest BCUT2D eigenvalue weighted by molar-refractivity contribution is 0.419. The molecule has 0 saturated heterocycles. The lowest BCUT2D eigenvalue weighted by atomic mass is 10.0. The predicted molar refractivity (Wildman–Crippen MR) is 74.6 cm³/mol. The van der Waals surface area contributed by atoms with E-state index in [2.05, 4.69) is 21.0 Å². The number of benzene rings is 2. The van der Waals surface area contributed by atoms with Gasteiger partial charge in [0, 0.05) is 20.8 Å². The average Bonchev–Trinajstić information content (AvgIpc) is 2.39. The number of hydrogen-bond donors (Lipinski definition) is 1. The molecular weight excluding hydrogens is 280 g/mol. The second-order valence-corrected chi connectivity index (χ2v) is 4.49. The van der Waals surface area contributed by atoms with Crippen molar-refractivity contribution in [2.24, 2.45) is 10.9 Å². The van der Waals surface area contributed by atoms with Crippen molar-refractivity contribution in [3.63, 3.8) is 0 Å². The summed E-state index contributed by atoms with van der Waals surface area (Å²) in [5.41, 5.74) is 1.71. The second kappa shape index (κ2) is 4.75. The van der Waals surface area contributed by atoms with Gasteiger partial charge >= 0.3 is 0 Å². The summed E-state index contributed by atoms with van der Waals surface area (Å²) in [6, 6.07) is 9.98. The van der Waals surface area contributed by atoms with Crippen LogP contribution in [0.25, 0.3) is 10.8 Å². The van der Waals surface area contributed by atoms with Gasteiger partial charge in [-0.05, 0) is 28.9 Å². The Morgan fingerprint density at radius 3 is 2.53 bits per heavy atom. The van der Waals surface area contributed by atoms with Crippen molar-refractivity contribution < 1.29 is 4.74 Å². The summed E-state index contributed by atoms with van der Waals surface area (Å²) in [7, 11) is 1.66. The Morgan fingerprint density at radius 2 is 1.94 bits per heavy atom. The minimum atomic E-state index is 0.765. The molecule has 2 N–H and O–H groups in total. The minimum Gasteiger partial charge on any atom is -0.496 e. The van der Waals surface area contributed by atoms with Crippen molar-refractivity contribution in [1.82, 2.24) is 0 Å². The summed E-state index contributed by atoms with van der Waals surface area (Å²) in [6.45, 7) is 1.87. The monoisotopic (exact) mass is 292 g/mol. The molecule has 2 aromatic rings. The number of nitrogens with zero attached hydrogens (tertiary/aromatic N) is 1. The number of hydrazone groups is 1. The summed E-state index contributed by atoms with van der Waals surface area (Å²) >= 11 is 3.59. The first-order chi connectivity index (χ1) is 8.19. The molecule has 88 valence electrons. The Balaban J connectivity index is 2.85. The van der Waals surface area contributed by atoms with Gasteiger partial charge < -0.3 is 10.6 Å². The number of nitrogens with two attached hydrogens (primary N) is 1. The molecule has 0 aliphatic rings. The number of methoxy groups -OCH3 is 1. The normalized spacial score (nSPS) is 11.8. The molecule has 2 aromatic carbocycles. The van der Waals surface area contributed by atoms with Crippen LogP contribution < -0.4 is 10.6 Å². The smallest absolute Gasteiger partial charge is 0.127 e. The van der Waals surface area contributed by atoms with E-state index in [0.29, 0.717) is 0 Å². The van der Waals surface area contributed by atoms with Crippen LogP contribution in [0.2, 0.25) is 0 Å². The van der Waals surface area contributed by atoms with Crippen LogP contribution in [0.4, 0.5) is 0 Å². The number of rotatable bonds is 2. The largest absolute Gasteiger partial charge is 0.496 e. The Morgan fingerprint density at radius 1 is 1.29 bits per heavy atom. The minimum absolute atomic E-state index is 0.765. The molecule has 0 saturated carbocycles. The van der Waals surface area contributed by atoms with E-state index in [1.54, 1.807) is 7.11 Å². The highest BCUT2D eigenvalue weighted by molar-refractivity contribution is 9.10. The van der Waals surface area contributed by atoms with E-state index in [1.165, 1.54) is 0 Å². The maximum Gasteiger partial charge on any atom is 0.127 e. The van der Waals surface area contributed by atoms with Crippen LogP contribution in [0.15, 0.2) is 39.9 Å². The third kappa shape index (κ3) is 2.00. The van der Waals surface area contributed by atoms with Crippen LogP contribution in [-0.4, -0.2) is 12.8 Å². The second-order valence-electron chi connectivity index (χ2n) is 3.70. The molecule has 0 spiro atoms. The van der Waals surface area contributed by atoms with E-state index < -0.39 is 0 Å². The average molecular weight is 293 g/mol. The molecule has 0 aromatic heterocycles. The van der Waals surface area contributed by atoms with Gasteiger partial charge in [0.25, 0.3) is 0 Å². The van der Waals surface area contributed by atoms with Crippen molar-refractivity contribution in [3.05, 3.63) is 40.4 Å². The number of ether oxygens (including phenoxy) is 1. The highest BCUT2D eigenvalue weighted by atomic mass is 79.9. The molecule has 0 radical (unpaired) electrons. The third-order valence-electron chi connectivity index (χ3n) is 2.74. The number of hydrogen-bond acceptors (Lipinski definition) is 3. The van der Waals surface area contributed by atoms with Gasteiger partial charge in [0.2, 0.25) is 0 Å². The molecule has 3 nitrogen and oxygen atoms in total. The van der Waals surface area contributed by atoms with Crippen LogP contribution in [0.1, 0.15) is 12.5 Å². The van der Waals surface area contributed by atoms with E-state index in [9.17, 15) is 0 Å². The molecule has 4 heteroatoms. The van der Waals surface area contributed by atoms with Crippen LogP contribution >= 0.6 is 15.9 Å². The molecule has 0 bridgehead atoms. The van der Waals surface area contributed by atoms with Gasteiger partial charge in [-0.1, -0.05) is 24.3 Å². The SMILES string of the molecule is COc1cc(C(C)=NN)c(Br)c2ccccc12. The first kappa shape index (κ1) is 11.9. The molecule has 17 heavy (non-hydrogen) atoms. The van der Waals surface area contributed by atoms with Gasteiger partial charge in [-0.2, -0.15) is 5.10 Å². The summed E-state index contributed by atoms with van der Waals surface area (Å²) in [5, 5.41) is 5.89. The summed E-state index contributed by atoms with van der Waals surface area (Å²) < 4.78 is 6.39. The highest BCUT2D eigenvalue weighted by Crippen LogP contribution is 2.35. The Kier molecular flexibility index (Phi) is 3.33. The maximum atomic E-state index is 5.40. The zero-order valence-electron chi connectivity index (χ0n) is 9.70. The van der Waals surface area contributed by atoms with Crippen LogP contribution in [0, 0.1) is 0 Å². The quantitative estimate of drug-likeness (QED) is 0.524. The summed E-state index contributed by atoms with van der Waals surface area (Å²) in [5.74, 6) is 6.16. The van der Waals surface area contributed by atoms with Gasteiger partial charge in [-0.25, -0.2) is 0 Å². The van der Waals surface area contributed by atoms with Gasteiger partial charge in [-0.15, -0.1) is 0 Å². The van der Waals surface area contributed by atoms with Crippen LogP contribution in [-0.2, 0) is 0 Å². The van der Waals surface area contributed by atoms with Gasteiger partial charge in [0.05, 0.1) is 12.8 Å². The van der Waals surface area contributed by atoms with E-state index >= 15 is 0 Å². The molecule has 0 aliphatic heterocycles. The van der Waals surface area contributed by atoms with Gasteiger partial charge in [0.15, 0.2) is 0 Å². The number of fused-ring (bicyclic) bond motifs is 1. The number of halogens is 1. The molecule has 0 amide bonds. The summed E-state index contributed by atoms with van der Waals surface area (Å²) in [6.07, 6.45) is 0. The van der Waals surface area contributed by atoms with E-state index in [4.69, 9.17) is 10.6 Å². The standard InChI is InChI=1S/C13H13BrN2O/c1-8(16-15)11-7-12(17-2)9-5-3-4-6-10(9)13(11)14/h3-7H,15H2,1-2H3. The maximum absolute atomic E-state index is 5.40. The van der Waals surface area contributed by atoms with E-state index in [-0.39, 0.29) is 0 Å². The first-order valence-electron chi connectivity index (χ1n) is 5.19. The molecular formula is C13H13BrN2O. The fourth-order valence-corrected chi connectivity index (χ4v) is 2.56. The van der Waals surface area contributed by atoms with Crippen molar-refractivity contribution in [2.45, 2.75) is 6.92 Å². The Hall–Kier alpha value is -1.55. The van der Waals surface area contributed by atoms with Gasteiger partial charge in [-0.3, -0.25) is 0 Å². The molecule has 0 heterocycles. The topological polar surface area (TPSA) is 47.6 Å². The van der Waals surface area contributed by atoms with Crippen molar-refractivity contribution in [3.8, 4) is 5.75 Å². The highest BCUT2D eigenvalue weighted by Gasteiger charge is 2.12. The molecule has 0 aliphatic carbocycles. The first-order valence-corrected chi connectivity index (χ1v) is 5.98. The summed E-state index contributed by atoms with van der Waals surface area (Å²) in [4.78, 5) is 0. The van der Waals surface area contributed by atoms with Crippen molar-refractivity contribution in [1.29, 1.82) is 0 Å². The third-order valence-corrected chi connectivity index (χ3v) is 3.60. The molecule has 0 atom stereocenters. The van der Waals surface area contributed by atoms with Crippen LogP contribution in [0.3, 0.4) is 0 Å². The lowest BCUT2D eigenvalue weighted by Gasteiger charge is -2.11. The van der Waals surface area contributed by atoms with Crippen molar-refractivity contribution >= 4 is 32.4 Å². The zero-order chi connectivity index (χ0) is 12.4. The predicted octanol–water partition coefficient (Wildman–Crippen LogP) is 3.29. The van der Waals surface area contributed by atoms with E-state index in [0.717, 1.165) is 32.3 Å². The molecule has 0 fully saturated rings. The fourth-order valence-electron chi connectivity index (χ4n) is 1.81. The van der Waals surface area contributed by atoms with Gasteiger partial charge in [0.1, 0.15) is 5.75 Å². The fraction of sp³-hybridized carbons (Fsp3) is 0.154. The Labute approximate surface area is 108 Å². The zero-order valence-corrected chi connectivity index (χ0v) is 11.3. The lowest BCUT2D eigenvalue weighted by Crippen LogP contribution is -2.01. The Bertz CT molecular complexity index is 593. The van der Waals surface area contributed by atoms with Crippen molar-refractivity contribution in [2.75, 3.05) is 7.11 Å². The van der Waals surface area contributed by atoms with Crippen LogP contribution in [0.5, 0.6) is 5.75 Å². The van der Waals surface area contributed by atoms with E-state index in [1.807, 2.05) is 37.3 Å². The molecule has 2 rings (SSSR count).